The predicted octanol–water partition coefficient (Wildman–Crippen LogP) is 3.08. The molecule has 19 heavy (non-hydrogen) atoms. The monoisotopic (exact) mass is 259 g/mol. The molecule has 2 nitrogen and oxygen atoms in total. The number of nitrogens with one attached hydrogen (secondary N) is 1. The van der Waals surface area contributed by atoms with E-state index < -0.39 is 0 Å². The van der Waals surface area contributed by atoms with E-state index in [0.29, 0.717) is 6.10 Å². The third-order valence-corrected chi connectivity index (χ3v) is 4.95. The minimum Gasteiger partial charge on any atom is -0.378 e. The summed E-state index contributed by atoms with van der Waals surface area (Å²) in [4.78, 5) is 0. The van der Waals surface area contributed by atoms with Crippen molar-refractivity contribution in [2.75, 3.05) is 13.2 Å². The zero-order chi connectivity index (χ0) is 13.3. The molecule has 1 heterocycles. The van der Waals surface area contributed by atoms with Gasteiger partial charge in [-0.1, -0.05) is 24.3 Å². The van der Waals surface area contributed by atoms with Crippen LogP contribution in [0, 0.1) is 12.3 Å². The third-order valence-electron chi connectivity index (χ3n) is 4.95. The van der Waals surface area contributed by atoms with Gasteiger partial charge in [0.05, 0.1) is 6.10 Å². The lowest BCUT2D eigenvalue weighted by atomic mass is 9.75. The van der Waals surface area contributed by atoms with Gasteiger partial charge in [0.2, 0.25) is 0 Å². The third kappa shape index (κ3) is 2.85. The second-order valence-electron chi connectivity index (χ2n) is 6.38. The molecule has 1 saturated heterocycles. The van der Waals surface area contributed by atoms with Gasteiger partial charge in [-0.25, -0.2) is 0 Å². The molecule has 1 N–H and O–H groups in total. The van der Waals surface area contributed by atoms with E-state index in [-0.39, 0.29) is 5.41 Å². The molecule has 1 saturated carbocycles. The smallest absolute Gasteiger partial charge is 0.0619 e. The van der Waals surface area contributed by atoms with E-state index >= 15 is 0 Å². The van der Waals surface area contributed by atoms with Crippen LogP contribution in [0.1, 0.15) is 37.3 Å². The molecule has 0 aromatic heterocycles. The number of hydrogen-bond acceptors (Lipinski definition) is 2. The molecule has 1 aromatic rings. The average Bonchev–Trinajstić information content (AvgIpc) is 3.16. The van der Waals surface area contributed by atoms with Crippen LogP contribution < -0.4 is 5.32 Å². The normalized spacial score (nSPS) is 30.7. The molecule has 2 atom stereocenters. The van der Waals surface area contributed by atoms with Gasteiger partial charge in [-0.05, 0) is 50.7 Å². The zero-order valence-corrected chi connectivity index (χ0v) is 12.1. The number of benzene rings is 1. The van der Waals surface area contributed by atoms with E-state index in [4.69, 9.17) is 4.74 Å². The van der Waals surface area contributed by atoms with Crippen LogP contribution in [0.15, 0.2) is 24.3 Å². The first-order chi connectivity index (χ1) is 9.20. The lowest BCUT2D eigenvalue weighted by Gasteiger charge is -2.33. The maximum Gasteiger partial charge on any atom is 0.0619 e. The standard InChI is InChI=1S/C17H25NO/c1-13-5-3-4-6-15(13)11-17(9-10-19-14(17)2)12-18-16-7-8-16/h3-6,14,16,18H,7-12H2,1-2H3. The largest absolute Gasteiger partial charge is 0.378 e. The van der Waals surface area contributed by atoms with Crippen LogP contribution >= 0.6 is 0 Å². The second-order valence-corrected chi connectivity index (χ2v) is 6.38. The summed E-state index contributed by atoms with van der Waals surface area (Å²) in [7, 11) is 0. The molecule has 2 unspecified atom stereocenters. The summed E-state index contributed by atoms with van der Waals surface area (Å²) in [5.74, 6) is 0. The first-order valence-electron chi connectivity index (χ1n) is 7.59. The Bertz CT molecular complexity index is 441. The lowest BCUT2D eigenvalue weighted by Crippen LogP contribution is -2.42. The fraction of sp³-hybridized carbons (Fsp3) is 0.647. The van der Waals surface area contributed by atoms with Crippen LogP contribution in [0.25, 0.3) is 0 Å². The summed E-state index contributed by atoms with van der Waals surface area (Å²) < 4.78 is 5.89. The summed E-state index contributed by atoms with van der Waals surface area (Å²) in [5, 5.41) is 3.73. The van der Waals surface area contributed by atoms with Crippen molar-refractivity contribution in [3.05, 3.63) is 35.4 Å². The Balaban J connectivity index is 1.76. The van der Waals surface area contributed by atoms with Crippen LogP contribution in [0.2, 0.25) is 0 Å². The quantitative estimate of drug-likeness (QED) is 0.877. The molecule has 1 aromatic carbocycles. The minimum atomic E-state index is 0.286. The Morgan fingerprint density at radius 3 is 2.74 bits per heavy atom. The SMILES string of the molecule is Cc1ccccc1CC1(CNC2CC2)CCOC1C. The van der Waals surface area contributed by atoms with Gasteiger partial charge in [0.25, 0.3) is 0 Å². The van der Waals surface area contributed by atoms with Crippen molar-refractivity contribution in [3.63, 3.8) is 0 Å². The zero-order valence-electron chi connectivity index (χ0n) is 12.1. The van der Waals surface area contributed by atoms with Gasteiger partial charge in [0.15, 0.2) is 0 Å². The number of hydrogen-bond donors (Lipinski definition) is 1. The van der Waals surface area contributed by atoms with Crippen molar-refractivity contribution < 1.29 is 4.74 Å². The summed E-state index contributed by atoms with van der Waals surface area (Å²) in [6, 6.07) is 9.56. The Hall–Kier alpha value is -0.860. The highest BCUT2D eigenvalue weighted by molar-refractivity contribution is 5.27. The number of rotatable bonds is 5. The lowest BCUT2D eigenvalue weighted by molar-refractivity contribution is 0.0627. The second kappa shape index (κ2) is 5.26. The van der Waals surface area contributed by atoms with E-state index in [0.717, 1.165) is 25.6 Å². The van der Waals surface area contributed by atoms with Crippen LogP contribution in [-0.2, 0) is 11.2 Å². The fourth-order valence-electron chi connectivity index (χ4n) is 3.17. The van der Waals surface area contributed by atoms with Gasteiger partial charge >= 0.3 is 0 Å². The van der Waals surface area contributed by atoms with Gasteiger partial charge in [-0.2, -0.15) is 0 Å². The molecule has 2 fully saturated rings. The van der Waals surface area contributed by atoms with Crippen molar-refractivity contribution in [3.8, 4) is 0 Å². The Labute approximate surface area is 116 Å². The van der Waals surface area contributed by atoms with Crippen molar-refractivity contribution >= 4 is 0 Å². The Morgan fingerprint density at radius 2 is 2.11 bits per heavy atom. The number of ether oxygens (including phenoxy) is 1. The summed E-state index contributed by atoms with van der Waals surface area (Å²) in [6.07, 6.45) is 5.40. The molecule has 0 amide bonds. The predicted molar refractivity (Wildman–Crippen MR) is 78.4 cm³/mol. The van der Waals surface area contributed by atoms with Crippen molar-refractivity contribution in [2.45, 2.75) is 51.7 Å². The van der Waals surface area contributed by atoms with Gasteiger partial charge in [0, 0.05) is 24.6 Å². The van der Waals surface area contributed by atoms with E-state index in [1.165, 1.54) is 30.4 Å². The molecule has 2 aliphatic rings. The maximum atomic E-state index is 5.89. The Kier molecular flexibility index (Phi) is 3.64. The topological polar surface area (TPSA) is 21.3 Å². The van der Waals surface area contributed by atoms with Crippen molar-refractivity contribution in [2.24, 2.45) is 5.41 Å². The molecule has 3 rings (SSSR count). The van der Waals surface area contributed by atoms with Crippen molar-refractivity contribution in [1.29, 1.82) is 0 Å². The van der Waals surface area contributed by atoms with Gasteiger partial charge in [-0.3, -0.25) is 0 Å². The van der Waals surface area contributed by atoms with E-state index in [2.05, 4.69) is 43.4 Å². The van der Waals surface area contributed by atoms with Crippen LogP contribution in [-0.4, -0.2) is 25.3 Å². The molecule has 1 aliphatic carbocycles. The van der Waals surface area contributed by atoms with Gasteiger partial charge in [-0.15, -0.1) is 0 Å². The van der Waals surface area contributed by atoms with Crippen LogP contribution in [0.3, 0.4) is 0 Å². The van der Waals surface area contributed by atoms with Gasteiger partial charge in [0.1, 0.15) is 0 Å². The fourth-order valence-corrected chi connectivity index (χ4v) is 3.17. The molecular weight excluding hydrogens is 234 g/mol. The molecule has 104 valence electrons. The summed E-state index contributed by atoms with van der Waals surface area (Å²) >= 11 is 0. The molecule has 1 aliphatic heterocycles. The maximum absolute atomic E-state index is 5.89. The highest BCUT2D eigenvalue weighted by Crippen LogP contribution is 2.39. The summed E-state index contributed by atoms with van der Waals surface area (Å²) in [6.45, 7) is 6.49. The van der Waals surface area contributed by atoms with E-state index in [1.807, 2.05) is 0 Å². The Morgan fingerprint density at radius 1 is 1.32 bits per heavy atom. The molecule has 0 spiro atoms. The molecule has 0 radical (unpaired) electrons. The van der Waals surface area contributed by atoms with Crippen LogP contribution in [0.5, 0.6) is 0 Å². The van der Waals surface area contributed by atoms with Gasteiger partial charge < -0.3 is 10.1 Å². The molecular formula is C17H25NO. The minimum absolute atomic E-state index is 0.286. The van der Waals surface area contributed by atoms with E-state index in [9.17, 15) is 0 Å². The average molecular weight is 259 g/mol. The van der Waals surface area contributed by atoms with Crippen molar-refractivity contribution in [1.82, 2.24) is 5.32 Å². The molecule has 0 bridgehead atoms. The van der Waals surface area contributed by atoms with Crippen LogP contribution in [0.4, 0.5) is 0 Å². The first-order valence-corrected chi connectivity index (χ1v) is 7.59. The highest BCUT2D eigenvalue weighted by atomic mass is 16.5. The molecule has 2 heteroatoms. The highest BCUT2D eigenvalue weighted by Gasteiger charge is 2.42. The first kappa shape index (κ1) is 13.1. The van der Waals surface area contributed by atoms with E-state index in [1.54, 1.807) is 0 Å². The summed E-state index contributed by atoms with van der Waals surface area (Å²) in [5.41, 5.74) is 3.18. The number of aryl methyl sites for hydroxylation is 1.